The van der Waals surface area contributed by atoms with Crippen LogP contribution in [0.3, 0.4) is 0 Å². The number of ether oxygens (including phenoxy) is 1. The number of fused-ring (bicyclic) bond motifs is 1. The van der Waals surface area contributed by atoms with Crippen molar-refractivity contribution in [3.63, 3.8) is 0 Å². The number of nitrogens with zero attached hydrogens (tertiary/aromatic N) is 6. The van der Waals surface area contributed by atoms with Crippen LogP contribution in [0.1, 0.15) is 43.3 Å². The van der Waals surface area contributed by atoms with Gasteiger partial charge in [0.2, 0.25) is 0 Å². The highest BCUT2D eigenvalue weighted by molar-refractivity contribution is 6.30. The molecule has 0 N–H and O–H groups in total. The lowest BCUT2D eigenvalue weighted by molar-refractivity contribution is 0.0395. The first kappa shape index (κ1) is 23.1. The molecule has 10 heteroatoms. The highest BCUT2D eigenvalue weighted by atomic mass is 35.5. The fourth-order valence-corrected chi connectivity index (χ4v) is 5.02. The molecule has 1 aliphatic heterocycles. The van der Waals surface area contributed by atoms with E-state index >= 15 is 4.39 Å². The van der Waals surface area contributed by atoms with Gasteiger partial charge in [-0.2, -0.15) is 5.10 Å². The molecule has 8 nitrogen and oxygen atoms in total. The molecule has 3 aromatic heterocycles. The summed E-state index contributed by atoms with van der Waals surface area (Å²) in [5.41, 5.74) is 1.75. The zero-order chi connectivity index (χ0) is 25.0. The Morgan fingerprint density at radius 3 is 2.81 bits per heavy atom. The number of hydrogen-bond donors (Lipinski definition) is 0. The second kappa shape index (κ2) is 8.97. The number of pyridine rings is 1. The Labute approximate surface area is 212 Å². The van der Waals surface area contributed by atoms with E-state index in [1.54, 1.807) is 23.6 Å². The van der Waals surface area contributed by atoms with Crippen molar-refractivity contribution in [3.8, 4) is 11.3 Å². The molecule has 36 heavy (non-hydrogen) atoms. The summed E-state index contributed by atoms with van der Waals surface area (Å²) < 4.78 is 24.7. The van der Waals surface area contributed by atoms with Crippen LogP contribution in [0, 0.1) is 12.7 Å². The lowest BCUT2D eigenvalue weighted by Gasteiger charge is -2.33. The predicted octanol–water partition coefficient (Wildman–Crippen LogP) is 4.69. The van der Waals surface area contributed by atoms with E-state index in [-0.39, 0.29) is 27.9 Å². The van der Waals surface area contributed by atoms with Crippen LogP contribution in [0.4, 0.5) is 10.2 Å². The zero-order valence-electron chi connectivity index (χ0n) is 20.1. The molecule has 0 bridgehead atoms. The minimum Gasteiger partial charge on any atom is -0.370 e. The van der Waals surface area contributed by atoms with Crippen molar-refractivity contribution >= 4 is 28.3 Å². The highest BCUT2D eigenvalue weighted by Gasteiger charge is 2.29. The number of benzene rings is 1. The SMILES string of the molecule is CCn1c(C)nc2cc(N3CCO[C@@H](c4cnn(C5CC5)c4)C3)nc(-c3ccc(Cl)cc3F)c2c1=O. The van der Waals surface area contributed by atoms with Gasteiger partial charge in [0.1, 0.15) is 23.6 Å². The van der Waals surface area contributed by atoms with Gasteiger partial charge in [-0.25, -0.2) is 14.4 Å². The molecule has 1 saturated carbocycles. The first-order valence-corrected chi connectivity index (χ1v) is 12.6. The summed E-state index contributed by atoms with van der Waals surface area (Å²) in [4.78, 5) is 25.1. The van der Waals surface area contributed by atoms with Crippen LogP contribution in [0.2, 0.25) is 5.02 Å². The number of halogens is 2. The van der Waals surface area contributed by atoms with Gasteiger partial charge in [0.15, 0.2) is 0 Å². The minimum absolute atomic E-state index is 0.165. The molecule has 1 saturated heterocycles. The quantitative estimate of drug-likeness (QED) is 0.389. The van der Waals surface area contributed by atoms with Gasteiger partial charge in [0, 0.05) is 48.0 Å². The van der Waals surface area contributed by atoms with Crippen LogP contribution in [0.5, 0.6) is 0 Å². The van der Waals surface area contributed by atoms with Crippen molar-refractivity contribution in [1.29, 1.82) is 0 Å². The normalized spacial score (nSPS) is 18.2. The fraction of sp³-hybridized carbons (Fsp3) is 0.385. The number of aromatic nitrogens is 5. The standard InChI is InChI=1S/C26H26ClFN6O2/c1-3-33-15(2)30-21-11-23(31-25(24(21)26(33)35)19-7-4-17(27)10-20(19)28)32-8-9-36-22(14-32)16-12-29-34(13-16)18-5-6-18/h4,7,10-13,18,22H,3,5-6,8-9,14H2,1-2H3/t22-/m1/s1. The van der Waals surface area contributed by atoms with Gasteiger partial charge in [-0.05, 0) is 44.9 Å². The van der Waals surface area contributed by atoms with E-state index in [1.165, 1.54) is 6.07 Å². The maximum atomic E-state index is 15.1. The van der Waals surface area contributed by atoms with Crippen molar-refractivity contribution in [3.05, 3.63) is 69.2 Å². The fourth-order valence-electron chi connectivity index (χ4n) is 4.86. The summed E-state index contributed by atoms with van der Waals surface area (Å²) in [6, 6.07) is 6.71. The maximum absolute atomic E-state index is 15.1. The van der Waals surface area contributed by atoms with Crippen LogP contribution in [-0.4, -0.2) is 44.0 Å². The van der Waals surface area contributed by atoms with E-state index in [2.05, 4.69) is 16.2 Å². The van der Waals surface area contributed by atoms with E-state index in [0.717, 1.165) is 18.4 Å². The maximum Gasteiger partial charge on any atom is 0.263 e. The first-order chi connectivity index (χ1) is 17.4. The summed E-state index contributed by atoms with van der Waals surface area (Å²) in [5, 5.41) is 5.07. The summed E-state index contributed by atoms with van der Waals surface area (Å²) in [6.45, 7) is 5.81. The number of morpholine rings is 1. The average molecular weight is 509 g/mol. The van der Waals surface area contributed by atoms with Crippen molar-refractivity contribution < 1.29 is 9.13 Å². The molecule has 6 rings (SSSR count). The Balaban J connectivity index is 1.46. The van der Waals surface area contributed by atoms with Gasteiger partial charge in [-0.15, -0.1) is 0 Å². The van der Waals surface area contributed by atoms with Gasteiger partial charge in [0.25, 0.3) is 5.56 Å². The van der Waals surface area contributed by atoms with E-state index in [9.17, 15) is 4.79 Å². The van der Waals surface area contributed by atoms with Crippen molar-refractivity contribution in [2.75, 3.05) is 24.6 Å². The number of anilines is 1. The third kappa shape index (κ3) is 4.06. The van der Waals surface area contributed by atoms with Crippen LogP contribution < -0.4 is 10.5 Å². The molecule has 4 heterocycles. The molecule has 0 radical (unpaired) electrons. The number of hydrogen-bond acceptors (Lipinski definition) is 6. The predicted molar refractivity (Wildman–Crippen MR) is 136 cm³/mol. The van der Waals surface area contributed by atoms with E-state index in [4.69, 9.17) is 26.3 Å². The Hall–Kier alpha value is -3.30. The van der Waals surface area contributed by atoms with Crippen LogP contribution >= 0.6 is 11.6 Å². The van der Waals surface area contributed by atoms with Gasteiger partial charge in [-0.1, -0.05) is 11.6 Å². The van der Waals surface area contributed by atoms with E-state index in [0.29, 0.717) is 54.8 Å². The van der Waals surface area contributed by atoms with Gasteiger partial charge >= 0.3 is 0 Å². The molecule has 186 valence electrons. The van der Waals surface area contributed by atoms with Gasteiger partial charge < -0.3 is 9.64 Å². The third-order valence-electron chi connectivity index (χ3n) is 6.92. The molecular weight excluding hydrogens is 483 g/mol. The van der Waals surface area contributed by atoms with E-state index < -0.39 is 5.82 Å². The molecule has 0 spiro atoms. The second-order valence-electron chi connectivity index (χ2n) is 9.35. The van der Waals surface area contributed by atoms with Crippen LogP contribution in [0.25, 0.3) is 22.2 Å². The lowest BCUT2D eigenvalue weighted by Crippen LogP contribution is -2.39. The lowest BCUT2D eigenvalue weighted by atomic mass is 10.1. The molecule has 1 atom stereocenters. The van der Waals surface area contributed by atoms with Crippen molar-refractivity contribution in [2.24, 2.45) is 0 Å². The summed E-state index contributed by atoms with van der Waals surface area (Å²) in [6.07, 6.45) is 6.09. The smallest absolute Gasteiger partial charge is 0.263 e. The minimum atomic E-state index is -0.538. The molecule has 1 aromatic carbocycles. The molecule has 0 amide bonds. The first-order valence-electron chi connectivity index (χ1n) is 12.2. The average Bonchev–Trinajstić information content (AvgIpc) is 3.60. The largest absolute Gasteiger partial charge is 0.370 e. The second-order valence-corrected chi connectivity index (χ2v) is 9.78. The third-order valence-corrected chi connectivity index (χ3v) is 7.16. The summed E-state index contributed by atoms with van der Waals surface area (Å²) in [5.74, 6) is 0.682. The van der Waals surface area contributed by atoms with Gasteiger partial charge in [0.05, 0.1) is 35.4 Å². The monoisotopic (exact) mass is 508 g/mol. The van der Waals surface area contributed by atoms with Crippen molar-refractivity contribution in [1.82, 2.24) is 24.3 Å². The van der Waals surface area contributed by atoms with Crippen molar-refractivity contribution in [2.45, 2.75) is 45.4 Å². The molecular formula is C26H26ClFN6O2. The number of rotatable bonds is 5. The Morgan fingerprint density at radius 1 is 1.22 bits per heavy atom. The molecule has 2 aliphatic rings. The Kier molecular flexibility index (Phi) is 5.76. The summed E-state index contributed by atoms with van der Waals surface area (Å²) in [7, 11) is 0. The van der Waals surface area contributed by atoms with Gasteiger partial charge in [-0.3, -0.25) is 14.0 Å². The van der Waals surface area contributed by atoms with Crippen LogP contribution in [0.15, 0.2) is 41.5 Å². The zero-order valence-corrected chi connectivity index (χ0v) is 20.9. The van der Waals surface area contributed by atoms with E-state index in [1.807, 2.05) is 23.9 Å². The molecule has 1 aliphatic carbocycles. The Morgan fingerprint density at radius 2 is 2.06 bits per heavy atom. The topological polar surface area (TPSA) is 78.1 Å². The Bertz CT molecular complexity index is 1530. The van der Waals surface area contributed by atoms with Crippen LogP contribution in [-0.2, 0) is 11.3 Å². The highest BCUT2D eigenvalue weighted by Crippen LogP contribution is 2.36. The molecule has 2 fully saturated rings. The molecule has 4 aromatic rings. The molecule has 0 unspecified atom stereocenters. The number of aryl methyl sites for hydroxylation is 1. The summed E-state index contributed by atoms with van der Waals surface area (Å²) >= 11 is 6.01.